The third-order valence-corrected chi connectivity index (χ3v) is 4.23. The van der Waals surface area contributed by atoms with Crippen LogP contribution in [0.15, 0.2) is 77.6 Å². The van der Waals surface area contributed by atoms with Crippen LogP contribution in [0.2, 0.25) is 0 Å². The number of benzene rings is 1. The molecule has 132 valence electrons. The van der Waals surface area contributed by atoms with Crippen molar-refractivity contribution in [2.24, 2.45) is 11.3 Å². The maximum atomic E-state index is 13.3. The van der Waals surface area contributed by atoms with Crippen molar-refractivity contribution in [3.8, 4) is 0 Å². The van der Waals surface area contributed by atoms with Gasteiger partial charge < -0.3 is 14.7 Å². The van der Waals surface area contributed by atoms with Crippen LogP contribution in [-0.2, 0) is 17.8 Å². The van der Waals surface area contributed by atoms with Gasteiger partial charge in [0.25, 0.3) is 0 Å². The molecule has 3 N–H and O–H groups in total. The zero-order chi connectivity index (χ0) is 18.3. The zero-order valence-corrected chi connectivity index (χ0v) is 14.7. The SMILES string of the molecule is C=C/C=C(\NN)C(C)(Cc1ccccc1)C(=O)N(C)Cc1ccco1. The van der Waals surface area contributed by atoms with Gasteiger partial charge in [-0.25, -0.2) is 0 Å². The minimum Gasteiger partial charge on any atom is -0.467 e. The van der Waals surface area contributed by atoms with Crippen LogP contribution < -0.4 is 11.3 Å². The Hall–Kier alpha value is -2.79. The topological polar surface area (TPSA) is 71.5 Å². The Bertz CT molecular complexity index is 723. The lowest BCUT2D eigenvalue weighted by Crippen LogP contribution is -2.47. The average Bonchev–Trinajstić information content (AvgIpc) is 3.12. The predicted octanol–water partition coefficient (Wildman–Crippen LogP) is 3.02. The predicted molar refractivity (Wildman–Crippen MR) is 99.0 cm³/mol. The van der Waals surface area contributed by atoms with E-state index in [4.69, 9.17) is 10.3 Å². The molecule has 0 aliphatic heterocycles. The highest BCUT2D eigenvalue weighted by molar-refractivity contribution is 5.85. The fourth-order valence-electron chi connectivity index (χ4n) is 2.93. The third-order valence-electron chi connectivity index (χ3n) is 4.23. The summed E-state index contributed by atoms with van der Waals surface area (Å²) in [6.07, 6.45) is 5.47. The van der Waals surface area contributed by atoms with E-state index in [1.807, 2.05) is 43.3 Å². The van der Waals surface area contributed by atoms with Crippen LogP contribution in [0.4, 0.5) is 0 Å². The summed E-state index contributed by atoms with van der Waals surface area (Å²) < 4.78 is 5.35. The smallest absolute Gasteiger partial charge is 0.234 e. The third kappa shape index (κ3) is 4.39. The number of allylic oxidation sites excluding steroid dienone is 2. The number of furan rings is 1. The van der Waals surface area contributed by atoms with E-state index in [1.54, 1.807) is 36.4 Å². The molecule has 1 amide bonds. The van der Waals surface area contributed by atoms with Crippen LogP contribution in [0.1, 0.15) is 18.2 Å². The molecule has 0 saturated heterocycles. The minimum atomic E-state index is -0.856. The fourth-order valence-corrected chi connectivity index (χ4v) is 2.93. The number of hydrazine groups is 1. The Balaban J connectivity index is 2.33. The normalized spacial score (nSPS) is 13.8. The molecular formula is C20H25N3O2. The molecule has 2 rings (SSSR count). The van der Waals surface area contributed by atoms with E-state index in [-0.39, 0.29) is 5.91 Å². The highest BCUT2D eigenvalue weighted by atomic mass is 16.3. The molecule has 5 heteroatoms. The largest absolute Gasteiger partial charge is 0.467 e. The second kappa shape index (κ2) is 8.35. The quantitative estimate of drug-likeness (QED) is 0.440. The second-order valence-corrected chi connectivity index (χ2v) is 6.20. The Kier molecular flexibility index (Phi) is 6.19. The average molecular weight is 339 g/mol. The van der Waals surface area contributed by atoms with E-state index in [1.165, 1.54) is 0 Å². The van der Waals surface area contributed by atoms with Gasteiger partial charge in [-0.3, -0.25) is 10.6 Å². The summed E-state index contributed by atoms with van der Waals surface area (Å²) in [5.74, 6) is 6.39. The minimum absolute atomic E-state index is 0.0567. The molecule has 0 spiro atoms. The van der Waals surface area contributed by atoms with Gasteiger partial charge >= 0.3 is 0 Å². The maximum absolute atomic E-state index is 13.3. The number of nitrogens with two attached hydrogens (primary N) is 1. The first-order valence-electron chi connectivity index (χ1n) is 8.13. The van der Waals surface area contributed by atoms with Crippen molar-refractivity contribution in [1.29, 1.82) is 0 Å². The first kappa shape index (κ1) is 18.5. The van der Waals surface area contributed by atoms with Crippen molar-refractivity contribution in [2.75, 3.05) is 7.05 Å². The Morgan fingerprint density at radius 3 is 2.60 bits per heavy atom. The molecule has 1 unspecified atom stereocenters. The summed E-state index contributed by atoms with van der Waals surface area (Å²) in [5.41, 5.74) is 3.49. The summed E-state index contributed by atoms with van der Waals surface area (Å²) in [4.78, 5) is 14.9. The molecule has 1 aromatic heterocycles. The fraction of sp³-hybridized carbons (Fsp3) is 0.250. The van der Waals surface area contributed by atoms with Gasteiger partial charge in [-0.2, -0.15) is 0 Å². The van der Waals surface area contributed by atoms with Crippen LogP contribution in [-0.4, -0.2) is 17.9 Å². The number of hydrogen-bond acceptors (Lipinski definition) is 4. The summed E-state index contributed by atoms with van der Waals surface area (Å²) in [6, 6.07) is 13.5. The molecule has 0 saturated carbocycles. The Morgan fingerprint density at radius 2 is 2.04 bits per heavy atom. The van der Waals surface area contributed by atoms with Crippen LogP contribution in [0.5, 0.6) is 0 Å². The first-order chi connectivity index (χ1) is 12.0. The van der Waals surface area contributed by atoms with Crippen molar-refractivity contribution < 1.29 is 9.21 Å². The van der Waals surface area contributed by atoms with Crippen molar-refractivity contribution >= 4 is 5.91 Å². The molecule has 0 radical (unpaired) electrons. The number of rotatable bonds is 8. The molecule has 0 fully saturated rings. The molecule has 0 aliphatic carbocycles. The number of amides is 1. The molecule has 25 heavy (non-hydrogen) atoms. The van der Waals surface area contributed by atoms with Gasteiger partial charge in [0.15, 0.2) is 0 Å². The van der Waals surface area contributed by atoms with Gasteiger partial charge in [0, 0.05) is 12.7 Å². The molecule has 1 atom stereocenters. The molecule has 1 heterocycles. The van der Waals surface area contributed by atoms with Gasteiger partial charge in [-0.05, 0) is 37.1 Å². The monoisotopic (exact) mass is 339 g/mol. The van der Waals surface area contributed by atoms with Gasteiger partial charge in [0.1, 0.15) is 5.76 Å². The van der Waals surface area contributed by atoms with E-state index < -0.39 is 5.41 Å². The first-order valence-corrected chi connectivity index (χ1v) is 8.13. The number of carbonyl (C=O) groups excluding carboxylic acids is 1. The maximum Gasteiger partial charge on any atom is 0.234 e. The van der Waals surface area contributed by atoms with Gasteiger partial charge in [0.2, 0.25) is 5.91 Å². The molecule has 0 bridgehead atoms. The van der Waals surface area contributed by atoms with E-state index in [0.717, 1.165) is 11.3 Å². The van der Waals surface area contributed by atoms with Crippen molar-refractivity contribution in [1.82, 2.24) is 10.3 Å². The van der Waals surface area contributed by atoms with Gasteiger partial charge in [0.05, 0.1) is 18.2 Å². The van der Waals surface area contributed by atoms with E-state index >= 15 is 0 Å². The van der Waals surface area contributed by atoms with E-state index in [2.05, 4.69) is 12.0 Å². The number of carbonyl (C=O) groups is 1. The van der Waals surface area contributed by atoms with Crippen LogP contribution in [0, 0.1) is 5.41 Å². The second-order valence-electron chi connectivity index (χ2n) is 6.20. The lowest BCUT2D eigenvalue weighted by molar-refractivity contribution is -0.138. The lowest BCUT2D eigenvalue weighted by atomic mass is 9.78. The van der Waals surface area contributed by atoms with Gasteiger partial charge in [-0.15, -0.1) is 0 Å². The molecule has 5 nitrogen and oxygen atoms in total. The summed E-state index contributed by atoms with van der Waals surface area (Å²) in [6.45, 7) is 6.00. The molecule has 0 aliphatic rings. The van der Waals surface area contributed by atoms with Gasteiger partial charge in [-0.1, -0.05) is 43.0 Å². The van der Waals surface area contributed by atoms with Crippen LogP contribution in [0.25, 0.3) is 0 Å². The summed E-state index contributed by atoms with van der Waals surface area (Å²) in [7, 11) is 1.76. The highest BCUT2D eigenvalue weighted by Gasteiger charge is 2.39. The molecular weight excluding hydrogens is 314 g/mol. The number of nitrogens with one attached hydrogen (secondary N) is 1. The molecule has 1 aromatic carbocycles. The summed E-state index contributed by atoms with van der Waals surface area (Å²) >= 11 is 0. The van der Waals surface area contributed by atoms with Crippen molar-refractivity contribution in [2.45, 2.75) is 19.9 Å². The summed E-state index contributed by atoms with van der Waals surface area (Å²) in [5, 5.41) is 0. The van der Waals surface area contributed by atoms with Crippen LogP contribution >= 0.6 is 0 Å². The van der Waals surface area contributed by atoms with Crippen molar-refractivity contribution in [3.05, 3.63) is 84.5 Å². The molecule has 2 aromatic rings. The number of nitrogens with zero attached hydrogens (tertiary/aromatic N) is 1. The Morgan fingerprint density at radius 1 is 1.32 bits per heavy atom. The van der Waals surface area contributed by atoms with E-state index in [9.17, 15) is 4.79 Å². The van der Waals surface area contributed by atoms with E-state index in [0.29, 0.717) is 18.7 Å². The highest BCUT2D eigenvalue weighted by Crippen LogP contribution is 2.32. The number of hydrogen-bond donors (Lipinski definition) is 2. The van der Waals surface area contributed by atoms with Crippen LogP contribution in [0.3, 0.4) is 0 Å². The lowest BCUT2D eigenvalue weighted by Gasteiger charge is -2.34. The Labute approximate surface area is 148 Å². The standard InChI is InChI=1S/C20H25N3O2/c1-4-9-18(22-21)20(2,14-16-10-6-5-7-11-16)19(24)23(3)15-17-12-8-13-25-17/h4-13,22H,1,14-15,21H2,2-3H3/b18-9-. The zero-order valence-electron chi connectivity index (χ0n) is 14.7. The van der Waals surface area contributed by atoms with Crippen molar-refractivity contribution in [3.63, 3.8) is 0 Å².